The third-order valence-electron chi connectivity index (χ3n) is 2.24. The van der Waals surface area contributed by atoms with Crippen LogP contribution < -0.4 is 5.32 Å². The molecule has 1 heterocycles. The molecule has 1 aromatic carbocycles. The number of rotatable bonds is 4. The number of benzene rings is 1. The van der Waals surface area contributed by atoms with E-state index in [2.05, 4.69) is 15.3 Å². The fourth-order valence-electron chi connectivity index (χ4n) is 1.35. The quantitative estimate of drug-likeness (QED) is 0.835. The summed E-state index contributed by atoms with van der Waals surface area (Å²) in [6.45, 7) is 0.582. The molecule has 2 rings (SSSR count). The average molecular weight is 229 g/mol. The standard InChI is InChI=1S/C12H11N3O2/c16-12(17)10-3-1-9(2-4-10)7-15-11-8-13-5-6-14-11/h1-6,8H,7H2,(H,14,15)(H,16,17). The molecule has 2 aromatic rings. The van der Waals surface area contributed by atoms with Gasteiger partial charge in [-0.1, -0.05) is 12.1 Å². The lowest BCUT2D eigenvalue weighted by Crippen LogP contribution is -2.02. The number of hydrogen-bond acceptors (Lipinski definition) is 4. The Morgan fingerprint density at radius 2 is 2.00 bits per heavy atom. The maximum absolute atomic E-state index is 10.7. The van der Waals surface area contributed by atoms with Gasteiger partial charge in [-0.15, -0.1) is 0 Å². The SMILES string of the molecule is O=C(O)c1ccc(CNc2cnccn2)cc1. The van der Waals surface area contributed by atoms with Gasteiger partial charge < -0.3 is 10.4 Å². The number of nitrogens with zero attached hydrogens (tertiary/aromatic N) is 2. The molecule has 0 radical (unpaired) electrons. The molecule has 5 heteroatoms. The van der Waals surface area contributed by atoms with Gasteiger partial charge in [0.15, 0.2) is 0 Å². The van der Waals surface area contributed by atoms with Crippen molar-refractivity contribution in [1.82, 2.24) is 9.97 Å². The predicted molar refractivity (Wildman–Crippen MR) is 62.8 cm³/mol. The van der Waals surface area contributed by atoms with E-state index in [4.69, 9.17) is 5.11 Å². The van der Waals surface area contributed by atoms with Crippen molar-refractivity contribution in [3.8, 4) is 0 Å². The van der Waals surface area contributed by atoms with Gasteiger partial charge in [0.2, 0.25) is 0 Å². The molecule has 86 valence electrons. The van der Waals surface area contributed by atoms with Gasteiger partial charge in [-0.25, -0.2) is 9.78 Å². The van der Waals surface area contributed by atoms with Crippen LogP contribution in [0.1, 0.15) is 15.9 Å². The van der Waals surface area contributed by atoms with Crippen LogP contribution >= 0.6 is 0 Å². The highest BCUT2D eigenvalue weighted by molar-refractivity contribution is 5.87. The van der Waals surface area contributed by atoms with Gasteiger partial charge in [0.25, 0.3) is 0 Å². The lowest BCUT2D eigenvalue weighted by molar-refractivity contribution is 0.0697. The van der Waals surface area contributed by atoms with Crippen LogP contribution in [0, 0.1) is 0 Å². The molecule has 17 heavy (non-hydrogen) atoms. The van der Waals surface area contributed by atoms with Gasteiger partial charge in [0.1, 0.15) is 5.82 Å². The van der Waals surface area contributed by atoms with Gasteiger partial charge in [-0.05, 0) is 17.7 Å². The first-order chi connectivity index (χ1) is 8.25. The van der Waals surface area contributed by atoms with Crippen molar-refractivity contribution >= 4 is 11.8 Å². The Kier molecular flexibility index (Phi) is 3.30. The monoisotopic (exact) mass is 229 g/mol. The molecule has 0 bridgehead atoms. The number of aromatic carboxylic acids is 1. The van der Waals surface area contributed by atoms with Gasteiger partial charge in [-0.2, -0.15) is 0 Å². The fourth-order valence-corrected chi connectivity index (χ4v) is 1.35. The lowest BCUT2D eigenvalue weighted by Gasteiger charge is -2.04. The molecule has 1 aromatic heterocycles. The van der Waals surface area contributed by atoms with Crippen molar-refractivity contribution < 1.29 is 9.90 Å². The first-order valence-electron chi connectivity index (χ1n) is 5.08. The molecule has 0 aliphatic carbocycles. The average Bonchev–Trinajstić information content (AvgIpc) is 2.38. The third kappa shape index (κ3) is 3.01. The fraction of sp³-hybridized carbons (Fsp3) is 0.0833. The second-order valence-electron chi connectivity index (χ2n) is 3.45. The van der Waals surface area contributed by atoms with E-state index >= 15 is 0 Å². The summed E-state index contributed by atoms with van der Waals surface area (Å²) in [4.78, 5) is 18.7. The highest BCUT2D eigenvalue weighted by Crippen LogP contribution is 2.07. The van der Waals surface area contributed by atoms with Crippen LogP contribution in [-0.2, 0) is 6.54 Å². The zero-order valence-electron chi connectivity index (χ0n) is 9.00. The zero-order chi connectivity index (χ0) is 12.1. The zero-order valence-corrected chi connectivity index (χ0v) is 9.00. The summed E-state index contributed by atoms with van der Waals surface area (Å²) in [6.07, 6.45) is 4.84. The summed E-state index contributed by atoms with van der Waals surface area (Å²) in [5, 5.41) is 11.8. The predicted octanol–water partition coefficient (Wildman–Crippen LogP) is 1.79. The van der Waals surface area contributed by atoms with Crippen LogP contribution in [0.5, 0.6) is 0 Å². The highest BCUT2D eigenvalue weighted by Gasteiger charge is 2.01. The summed E-state index contributed by atoms with van der Waals surface area (Å²) < 4.78 is 0. The Morgan fingerprint density at radius 3 is 2.59 bits per heavy atom. The smallest absolute Gasteiger partial charge is 0.335 e. The van der Waals surface area contributed by atoms with E-state index in [-0.39, 0.29) is 5.56 Å². The second kappa shape index (κ2) is 5.07. The molecule has 0 fully saturated rings. The molecule has 2 N–H and O–H groups in total. The van der Waals surface area contributed by atoms with Crippen molar-refractivity contribution in [2.45, 2.75) is 6.54 Å². The molecule has 0 saturated carbocycles. The van der Waals surface area contributed by atoms with E-state index in [1.54, 1.807) is 42.9 Å². The largest absolute Gasteiger partial charge is 0.478 e. The van der Waals surface area contributed by atoms with Crippen LogP contribution in [0.25, 0.3) is 0 Å². The Balaban J connectivity index is 1.98. The van der Waals surface area contributed by atoms with Crippen molar-refractivity contribution in [2.24, 2.45) is 0 Å². The Morgan fingerprint density at radius 1 is 1.24 bits per heavy atom. The molecular formula is C12H11N3O2. The van der Waals surface area contributed by atoms with Gasteiger partial charge >= 0.3 is 5.97 Å². The third-order valence-corrected chi connectivity index (χ3v) is 2.24. The number of carbonyl (C=O) groups is 1. The van der Waals surface area contributed by atoms with Gasteiger partial charge in [0.05, 0.1) is 11.8 Å². The Labute approximate surface area is 98.2 Å². The molecule has 5 nitrogen and oxygen atoms in total. The first-order valence-corrected chi connectivity index (χ1v) is 5.08. The normalized spacial score (nSPS) is 9.88. The Hall–Kier alpha value is -2.43. The van der Waals surface area contributed by atoms with Crippen molar-refractivity contribution in [1.29, 1.82) is 0 Å². The molecular weight excluding hydrogens is 218 g/mol. The molecule has 0 atom stereocenters. The molecule has 0 amide bonds. The molecule has 0 saturated heterocycles. The maximum atomic E-state index is 10.7. The summed E-state index contributed by atoms with van der Waals surface area (Å²) in [6, 6.07) is 6.70. The van der Waals surface area contributed by atoms with Crippen LogP contribution in [-0.4, -0.2) is 21.0 Å². The summed E-state index contributed by atoms with van der Waals surface area (Å²) in [5.41, 5.74) is 1.27. The second-order valence-corrected chi connectivity index (χ2v) is 3.45. The lowest BCUT2D eigenvalue weighted by atomic mass is 10.1. The van der Waals surface area contributed by atoms with Crippen molar-refractivity contribution in [2.75, 3.05) is 5.32 Å². The van der Waals surface area contributed by atoms with Crippen LogP contribution in [0.4, 0.5) is 5.82 Å². The van der Waals surface area contributed by atoms with E-state index < -0.39 is 5.97 Å². The number of anilines is 1. The number of aromatic nitrogens is 2. The van der Waals surface area contributed by atoms with Crippen LogP contribution in [0.15, 0.2) is 42.9 Å². The minimum atomic E-state index is -0.918. The summed E-state index contributed by atoms with van der Waals surface area (Å²) in [7, 11) is 0. The van der Waals surface area contributed by atoms with Crippen LogP contribution in [0.3, 0.4) is 0 Å². The number of carboxylic acid groups (broad SMARTS) is 1. The molecule has 0 unspecified atom stereocenters. The molecule has 0 aliphatic heterocycles. The van der Waals surface area contributed by atoms with Crippen molar-refractivity contribution in [3.05, 3.63) is 54.0 Å². The van der Waals surface area contributed by atoms with Crippen LogP contribution in [0.2, 0.25) is 0 Å². The number of nitrogens with one attached hydrogen (secondary N) is 1. The van der Waals surface area contributed by atoms with Gasteiger partial charge in [0, 0.05) is 18.9 Å². The van der Waals surface area contributed by atoms with E-state index in [1.807, 2.05) is 0 Å². The van der Waals surface area contributed by atoms with E-state index in [1.165, 1.54) is 0 Å². The summed E-state index contributed by atoms with van der Waals surface area (Å²) in [5.74, 6) is -0.228. The van der Waals surface area contributed by atoms with E-state index in [0.29, 0.717) is 12.4 Å². The molecule has 0 spiro atoms. The van der Waals surface area contributed by atoms with Gasteiger partial charge in [-0.3, -0.25) is 4.98 Å². The maximum Gasteiger partial charge on any atom is 0.335 e. The number of carboxylic acids is 1. The van der Waals surface area contributed by atoms with E-state index in [9.17, 15) is 4.79 Å². The highest BCUT2D eigenvalue weighted by atomic mass is 16.4. The minimum absolute atomic E-state index is 0.285. The summed E-state index contributed by atoms with van der Waals surface area (Å²) >= 11 is 0. The number of hydrogen-bond donors (Lipinski definition) is 2. The molecule has 0 aliphatic rings. The van der Waals surface area contributed by atoms with E-state index in [0.717, 1.165) is 5.56 Å². The van der Waals surface area contributed by atoms with Crippen molar-refractivity contribution in [3.63, 3.8) is 0 Å². The topological polar surface area (TPSA) is 75.1 Å². The first kappa shape index (κ1) is 11.1. The minimum Gasteiger partial charge on any atom is -0.478 e. The Bertz CT molecular complexity index is 497.